The van der Waals surface area contributed by atoms with Gasteiger partial charge in [0.25, 0.3) is 5.91 Å². The maximum absolute atomic E-state index is 14.0. The minimum atomic E-state index is -1.13. The SMILES string of the molecule is COc1ccnc(C(=O)N[C@@H](C)C(=O)O[C@@H](C)[C@H](Oc2cccc(F)c2)c2cccc(-c3ccccc3)c2)c1OC(C)=O. The van der Waals surface area contributed by atoms with E-state index in [9.17, 15) is 18.8 Å². The molecule has 222 valence electrons. The first-order valence-corrected chi connectivity index (χ1v) is 13.5. The van der Waals surface area contributed by atoms with E-state index in [1.165, 1.54) is 51.4 Å². The van der Waals surface area contributed by atoms with E-state index >= 15 is 0 Å². The first-order valence-electron chi connectivity index (χ1n) is 13.5. The molecule has 0 spiro atoms. The van der Waals surface area contributed by atoms with E-state index in [1.54, 1.807) is 13.0 Å². The van der Waals surface area contributed by atoms with Crippen molar-refractivity contribution in [2.45, 2.75) is 39.0 Å². The van der Waals surface area contributed by atoms with E-state index < -0.39 is 41.9 Å². The summed E-state index contributed by atoms with van der Waals surface area (Å²) in [4.78, 5) is 41.8. The van der Waals surface area contributed by atoms with Crippen molar-refractivity contribution in [3.05, 3.63) is 108 Å². The van der Waals surface area contributed by atoms with E-state index in [0.29, 0.717) is 5.56 Å². The summed E-state index contributed by atoms with van der Waals surface area (Å²) in [5, 5.41) is 2.52. The Kier molecular flexibility index (Phi) is 10.1. The molecule has 0 aliphatic carbocycles. The smallest absolute Gasteiger partial charge is 0.328 e. The van der Waals surface area contributed by atoms with Crippen LogP contribution >= 0.6 is 0 Å². The Bertz CT molecular complexity index is 1600. The first kappa shape index (κ1) is 30.7. The van der Waals surface area contributed by atoms with Crippen LogP contribution in [-0.4, -0.2) is 42.1 Å². The number of aromatic nitrogens is 1. The summed E-state index contributed by atoms with van der Waals surface area (Å²) in [6.45, 7) is 4.26. The zero-order valence-corrected chi connectivity index (χ0v) is 24.1. The van der Waals surface area contributed by atoms with Crippen molar-refractivity contribution in [1.29, 1.82) is 0 Å². The molecule has 0 unspecified atom stereocenters. The number of esters is 2. The monoisotopic (exact) mass is 586 g/mol. The predicted molar refractivity (Wildman–Crippen MR) is 156 cm³/mol. The minimum Gasteiger partial charge on any atom is -0.493 e. The van der Waals surface area contributed by atoms with Crippen molar-refractivity contribution < 1.29 is 37.7 Å². The molecule has 3 aromatic carbocycles. The number of methoxy groups -OCH3 is 1. The number of amides is 1. The molecule has 3 atom stereocenters. The van der Waals surface area contributed by atoms with Gasteiger partial charge >= 0.3 is 11.9 Å². The third kappa shape index (κ3) is 7.94. The first-order chi connectivity index (χ1) is 20.7. The fourth-order valence-corrected chi connectivity index (χ4v) is 4.31. The Morgan fingerprint density at radius 1 is 0.884 bits per heavy atom. The van der Waals surface area contributed by atoms with Gasteiger partial charge in [-0.1, -0.05) is 54.6 Å². The van der Waals surface area contributed by atoms with Crippen LogP contribution in [0.1, 0.15) is 42.9 Å². The van der Waals surface area contributed by atoms with Crippen molar-refractivity contribution in [2.75, 3.05) is 7.11 Å². The topological polar surface area (TPSA) is 113 Å². The summed E-state index contributed by atoms with van der Waals surface area (Å²) in [5.74, 6) is -2.50. The third-order valence-corrected chi connectivity index (χ3v) is 6.36. The van der Waals surface area contributed by atoms with Gasteiger partial charge in [-0.3, -0.25) is 9.59 Å². The average molecular weight is 587 g/mol. The number of hydrogen-bond acceptors (Lipinski definition) is 8. The molecule has 0 bridgehead atoms. The van der Waals surface area contributed by atoms with Crippen molar-refractivity contribution in [3.8, 4) is 28.4 Å². The van der Waals surface area contributed by atoms with Crippen LogP contribution in [0.25, 0.3) is 11.1 Å². The van der Waals surface area contributed by atoms with Crippen LogP contribution in [0.3, 0.4) is 0 Å². The lowest BCUT2D eigenvalue weighted by molar-refractivity contribution is -0.154. The van der Waals surface area contributed by atoms with Crippen molar-refractivity contribution >= 4 is 17.8 Å². The molecule has 9 nitrogen and oxygen atoms in total. The van der Waals surface area contributed by atoms with Gasteiger partial charge in [-0.15, -0.1) is 0 Å². The number of pyridine rings is 1. The van der Waals surface area contributed by atoms with E-state index in [2.05, 4.69) is 10.3 Å². The number of benzene rings is 3. The second-order valence-electron chi connectivity index (χ2n) is 9.61. The molecular formula is C33H31FN2O7. The van der Waals surface area contributed by atoms with Gasteiger partial charge < -0.3 is 24.3 Å². The number of halogens is 1. The molecule has 4 rings (SSSR count). The summed E-state index contributed by atoms with van der Waals surface area (Å²) < 4.78 is 36.2. The molecule has 4 aromatic rings. The third-order valence-electron chi connectivity index (χ3n) is 6.36. The Hall–Kier alpha value is -5.25. The lowest BCUT2D eigenvalue weighted by atomic mass is 9.98. The lowest BCUT2D eigenvalue weighted by Gasteiger charge is -2.27. The van der Waals surface area contributed by atoms with E-state index in [-0.39, 0.29) is 22.9 Å². The Morgan fingerprint density at radius 2 is 1.60 bits per heavy atom. The highest BCUT2D eigenvalue weighted by atomic mass is 19.1. The highest BCUT2D eigenvalue weighted by Gasteiger charge is 2.29. The van der Waals surface area contributed by atoms with E-state index in [1.807, 2.05) is 54.6 Å². The summed E-state index contributed by atoms with van der Waals surface area (Å²) >= 11 is 0. The number of ether oxygens (including phenoxy) is 4. The number of nitrogens with one attached hydrogen (secondary N) is 1. The van der Waals surface area contributed by atoms with Crippen LogP contribution in [0.2, 0.25) is 0 Å². The standard InChI is InChI=1S/C33H31FN2O7/c1-20(36-32(38)29-31(42-22(3)37)28(40-4)16-17-35-29)33(39)41-21(2)30(43-27-15-9-14-26(34)19-27)25-13-8-12-24(18-25)23-10-6-5-7-11-23/h5-21,30H,1-4H3,(H,36,38)/t20-,21-,30-/m0/s1. The number of rotatable bonds is 11. The number of carbonyl (C=O) groups excluding carboxylic acids is 3. The summed E-state index contributed by atoms with van der Waals surface area (Å²) in [6.07, 6.45) is -0.385. The summed E-state index contributed by atoms with van der Waals surface area (Å²) in [6, 6.07) is 23.3. The molecule has 1 N–H and O–H groups in total. The van der Waals surface area contributed by atoms with Gasteiger partial charge in [-0.2, -0.15) is 0 Å². The second kappa shape index (κ2) is 14.1. The molecule has 0 fully saturated rings. The second-order valence-corrected chi connectivity index (χ2v) is 9.61. The number of hydrogen-bond donors (Lipinski definition) is 1. The molecule has 1 amide bonds. The number of nitrogens with zero attached hydrogens (tertiary/aromatic N) is 1. The Balaban J connectivity index is 1.55. The van der Waals surface area contributed by atoms with Gasteiger partial charge in [0.05, 0.1) is 7.11 Å². The summed E-state index contributed by atoms with van der Waals surface area (Å²) in [7, 11) is 1.35. The van der Waals surface area contributed by atoms with Crippen LogP contribution < -0.4 is 19.5 Å². The fourth-order valence-electron chi connectivity index (χ4n) is 4.31. The van der Waals surface area contributed by atoms with Crippen LogP contribution in [-0.2, 0) is 14.3 Å². The minimum absolute atomic E-state index is 0.120. The number of carbonyl (C=O) groups is 3. The lowest BCUT2D eigenvalue weighted by Crippen LogP contribution is -2.42. The molecule has 1 heterocycles. The van der Waals surface area contributed by atoms with Gasteiger partial charge in [-0.05, 0) is 48.7 Å². The maximum atomic E-state index is 14.0. The molecule has 0 saturated heterocycles. The van der Waals surface area contributed by atoms with Crippen molar-refractivity contribution in [2.24, 2.45) is 0 Å². The molecule has 43 heavy (non-hydrogen) atoms. The molecular weight excluding hydrogens is 555 g/mol. The molecule has 10 heteroatoms. The van der Waals surface area contributed by atoms with Gasteiger partial charge in [0.15, 0.2) is 17.5 Å². The zero-order valence-electron chi connectivity index (χ0n) is 24.1. The average Bonchev–Trinajstić information content (AvgIpc) is 3.00. The predicted octanol–water partition coefficient (Wildman–Crippen LogP) is 5.69. The van der Waals surface area contributed by atoms with Gasteiger partial charge in [0.2, 0.25) is 5.75 Å². The van der Waals surface area contributed by atoms with E-state index in [4.69, 9.17) is 18.9 Å². The van der Waals surface area contributed by atoms with Crippen LogP contribution in [0.4, 0.5) is 4.39 Å². The maximum Gasteiger partial charge on any atom is 0.328 e. The normalized spacial score (nSPS) is 12.8. The Labute approximate surface area is 248 Å². The molecule has 0 saturated carbocycles. The fraction of sp³-hybridized carbons (Fsp3) is 0.212. The van der Waals surface area contributed by atoms with Crippen molar-refractivity contribution in [1.82, 2.24) is 10.3 Å². The van der Waals surface area contributed by atoms with E-state index in [0.717, 1.165) is 11.1 Å². The van der Waals surface area contributed by atoms with Crippen LogP contribution in [0.15, 0.2) is 91.1 Å². The highest BCUT2D eigenvalue weighted by molar-refractivity contribution is 5.98. The van der Waals surface area contributed by atoms with Crippen LogP contribution in [0, 0.1) is 5.82 Å². The Morgan fingerprint density at radius 3 is 2.30 bits per heavy atom. The zero-order chi connectivity index (χ0) is 30.9. The summed E-state index contributed by atoms with van der Waals surface area (Å²) in [5.41, 5.74) is 2.34. The van der Waals surface area contributed by atoms with Gasteiger partial charge in [0.1, 0.15) is 23.7 Å². The quantitative estimate of drug-likeness (QED) is 0.223. The highest BCUT2D eigenvalue weighted by Crippen LogP contribution is 2.31. The van der Waals surface area contributed by atoms with Gasteiger partial charge in [-0.25, -0.2) is 14.2 Å². The van der Waals surface area contributed by atoms with Crippen molar-refractivity contribution in [3.63, 3.8) is 0 Å². The molecule has 0 aliphatic heterocycles. The molecule has 1 aromatic heterocycles. The van der Waals surface area contributed by atoms with Crippen LogP contribution in [0.5, 0.6) is 17.2 Å². The molecule has 0 radical (unpaired) electrons. The molecule has 0 aliphatic rings. The largest absolute Gasteiger partial charge is 0.493 e. The van der Waals surface area contributed by atoms with Gasteiger partial charge in [0, 0.05) is 25.3 Å².